The van der Waals surface area contributed by atoms with Crippen LogP contribution in [0.15, 0.2) is 24.4 Å². The Labute approximate surface area is 124 Å². The van der Waals surface area contributed by atoms with Gasteiger partial charge in [0.1, 0.15) is 0 Å². The SMILES string of the molecule is CCc1nn(C)cc1CNC(=O)c1ccc(NN)cc1C. The molecule has 6 heteroatoms. The van der Waals surface area contributed by atoms with Crippen molar-refractivity contribution < 1.29 is 4.79 Å². The summed E-state index contributed by atoms with van der Waals surface area (Å²) >= 11 is 0. The van der Waals surface area contributed by atoms with Gasteiger partial charge in [0.05, 0.1) is 5.69 Å². The summed E-state index contributed by atoms with van der Waals surface area (Å²) in [5, 5.41) is 7.30. The first-order valence-electron chi connectivity index (χ1n) is 6.92. The van der Waals surface area contributed by atoms with Gasteiger partial charge in [0.2, 0.25) is 0 Å². The van der Waals surface area contributed by atoms with Crippen molar-refractivity contribution in [1.29, 1.82) is 0 Å². The van der Waals surface area contributed by atoms with Crippen LogP contribution >= 0.6 is 0 Å². The Morgan fingerprint density at radius 3 is 2.81 bits per heavy atom. The fourth-order valence-electron chi connectivity index (χ4n) is 2.31. The molecule has 4 N–H and O–H groups in total. The van der Waals surface area contributed by atoms with E-state index >= 15 is 0 Å². The normalized spacial score (nSPS) is 10.5. The zero-order valence-electron chi connectivity index (χ0n) is 12.6. The zero-order chi connectivity index (χ0) is 15.4. The molecule has 0 aliphatic rings. The summed E-state index contributed by atoms with van der Waals surface area (Å²) in [5.41, 5.74) is 6.94. The lowest BCUT2D eigenvalue weighted by atomic mass is 10.1. The fourth-order valence-corrected chi connectivity index (χ4v) is 2.31. The highest BCUT2D eigenvalue weighted by atomic mass is 16.1. The number of aryl methyl sites for hydroxylation is 3. The van der Waals surface area contributed by atoms with Gasteiger partial charge in [0.15, 0.2) is 0 Å². The van der Waals surface area contributed by atoms with E-state index in [0.29, 0.717) is 12.1 Å². The minimum absolute atomic E-state index is 0.0954. The van der Waals surface area contributed by atoms with Gasteiger partial charge in [-0.1, -0.05) is 6.92 Å². The standard InChI is InChI=1S/C15H21N5O/c1-4-14-11(9-20(3)19-14)8-17-15(21)13-6-5-12(18-16)7-10(13)2/h5-7,9,18H,4,8,16H2,1-3H3,(H,17,21). The summed E-state index contributed by atoms with van der Waals surface area (Å²) < 4.78 is 1.77. The van der Waals surface area contributed by atoms with Crippen molar-refractivity contribution >= 4 is 11.6 Å². The van der Waals surface area contributed by atoms with Crippen LogP contribution in [-0.2, 0) is 20.0 Å². The number of amides is 1. The van der Waals surface area contributed by atoms with Gasteiger partial charge < -0.3 is 10.7 Å². The maximum atomic E-state index is 12.3. The maximum Gasteiger partial charge on any atom is 0.251 e. The Bertz CT molecular complexity index is 648. The van der Waals surface area contributed by atoms with Crippen LogP contribution in [0.3, 0.4) is 0 Å². The van der Waals surface area contributed by atoms with Crippen molar-refractivity contribution in [3.63, 3.8) is 0 Å². The summed E-state index contributed by atoms with van der Waals surface area (Å²) in [4.78, 5) is 12.3. The number of carbonyl (C=O) groups excluding carboxylic acids is 1. The van der Waals surface area contributed by atoms with Crippen LogP contribution in [0.2, 0.25) is 0 Å². The van der Waals surface area contributed by atoms with Crippen molar-refractivity contribution in [1.82, 2.24) is 15.1 Å². The van der Waals surface area contributed by atoms with E-state index in [-0.39, 0.29) is 5.91 Å². The lowest BCUT2D eigenvalue weighted by molar-refractivity contribution is 0.0950. The molecule has 0 saturated carbocycles. The first kappa shape index (κ1) is 15.1. The second-order valence-corrected chi connectivity index (χ2v) is 4.98. The molecule has 1 amide bonds. The van der Waals surface area contributed by atoms with E-state index in [1.165, 1.54) is 0 Å². The second-order valence-electron chi connectivity index (χ2n) is 4.98. The largest absolute Gasteiger partial charge is 0.348 e. The average Bonchev–Trinajstić information content (AvgIpc) is 2.84. The van der Waals surface area contributed by atoms with Crippen LogP contribution < -0.4 is 16.6 Å². The van der Waals surface area contributed by atoms with Crippen molar-refractivity contribution in [3.8, 4) is 0 Å². The lowest BCUT2D eigenvalue weighted by Gasteiger charge is -2.09. The van der Waals surface area contributed by atoms with Crippen LogP contribution in [0.4, 0.5) is 5.69 Å². The van der Waals surface area contributed by atoms with Crippen molar-refractivity contribution in [3.05, 3.63) is 46.8 Å². The Morgan fingerprint density at radius 1 is 1.43 bits per heavy atom. The number of carbonyl (C=O) groups is 1. The third-order valence-corrected chi connectivity index (χ3v) is 3.40. The predicted molar refractivity (Wildman–Crippen MR) is 82.7 cm³/mol. The van der Waals surface area contributed by atoms with Crippen molar-refractivity contribution in [2.75, 3.05) is 5.43 Å². The number of rotatable bonds is 5. The van der Waals surface area contributed by atoms with Crippen LogP contribution in [0, 0.1) is 6.92 Å². The molecule has 0 bridgehead atoms. The van der Waals surface area contributed by atoms with Gasteiger partial charge in [0, 0.05) is 36.6 Å². The highest BCUT2D eigenvalue weighted by Crippen LogP contribution is 2.14. The van der Waals surface area contributed by atoms with Gasteiger partial charge in [-0.15, -0.1) is 0 Å². The third-order valence-electron chi connectivity index (χ3n) is 3.40. The number of benzene rings is 1. The summed E-state index contributed by atoms with van der Waals surface area (Å²) in [6.45, 7) is 4.42. The molecule has 0 spiro atoms. The molecular weight excluding hydrogens is 266 g/mol. The van der Waals surface area contributed by atoms with Gasteiger partial charge in [-0.25, -0.2) is 0 Å². The van der Waals surface area contributed by atoms with Gasteiger partial charge in [-0.3, -0.25) is 15.3 Å². The third kappa shape index (κ3) is 3.41. The van der Waals surface area contributed by atoms with Gasteiger partial charge >= 0.3 is 0 Å². The Balaban J connectivity index is 2.08. The van der Waals surface area contributed by atoms with Crippen molar-refractivity contribution in [2.24, 2.45) is 12.9 Å². The smallest absolute Gasteiger partial charge is 0.251 e. The molecule has 6 nitrogen and oxygen atoms in total. The zero-order valence-corrected chi connectivity index (χ0v) is 12.6. The Hall–Kier alpha value is -2.34. The highest BCUT2D eigenvalue weighted by molar-refractivity contribution is 5.96. The summed E-state index contributed by atoms with van der Waals surface area (Å²) in [5.74, 6) is 5.26. The fraction of sp³-hybridized carbons (Fsp3) is 0.333. The number of anilines is 1. The minimum Gasteiger partial charge on any atom is -0.348 e. The molecule has 112 valence electrons. The molecule has 0 radical (unpaired) electrons. The monoisotopic (exact) mass is 287 g/mol. The molecule has 0 saturated heterocycles. The van der Waals surface area contributed by atoms with Crippen LogP contribution in [0.1, 0.15) is 34.1 Å². The molecule has 2 aromatic rings. The first-order chi connectivity index (χ1) is 10.0. The number of hydrogen-bond acceptors (Lipinski definition) is 4. The lowest BCUT2D eigenvalue weighted by Crippen LogP contribution is -2.24. The molecule has 0 fully saturated rings. The van der Waals surface area contributed by atoms with E-state index < -0.39 is 0 Å². The van der Waals surface area contributed by atoms with Gasteiger partial charge in [-0.05, 0) is 37.1 Å². The number of hydrazine groups is 1. The number of nitrogens with zero attached hydrogens (tertiary/aromatic N) is 2. The molecule has 0 atom stereocenters. The quantitative estimate of drug-likeness (QED) is 0.575. The molecule has 1 heterocycles. The van der Waals surface area contributed by atoms with Crippen molar-refractivity contribution in [2.45, 2.75) is 26.8 Å². The van der Waals surface area contributed by atoms with E-state index in [1.807, 2.05) is 26.2 Å². The number of nitrogens with one attached hydrogen (secondary N) is 2. The second kappa shape index (κ2) is 6.41. The number of nitrogen functional groups attached to an aromatic ring is 1. The number of nitrogens with two attached hydrogens (primary N) is 1. The summed E-state index contributed by atoms with van der Waals surface area (Å²) in [7, 11) is 1.88. The molecule has 1 aromatic heterocycles. The Kier molecular flexibility index (Phi) is 4.59. The highest BCUT2D eigenvalue weighted by Gasteiger charge is 2.11. The Morgan fingerprint density at radius 2 is 2.19 bits per heavy atom. The molecule has 1 aromatic carbocycles. The predicted octanol–water partition coefficient (Wildman–Crippen LogP) is 1.51. The molecule has 21 heavy (non-hydrogen) atoms. The maximum absolute atomic E-state index is 12.3. The summed E-state index contributed by atoms with van der Waals surface area (Å²) in [6, 6.07) is 5.39. The minimum atomic E-state index is -0.0954. The number of aromatic nitrogens is 2. The molecule has 0 aliphatic carbocycles. The van der Waals surface area contributed by atoms with E-state index in [2.05, 4.69) is 22.8 Å². The van der Waals surface area contributed by atoms with E-state index in [1.54, 1.807) is 16.8 Å². The topological polar surface area (TPSA) is 85.0 Å². The average molecular weight is 287 g/mol. The molecule has 0 unspecified atom stereocenters. The van der Waals surface area contributed by atoms with Crippen LogP contribution in [0.5, 0.6) is 0 Å². The summed E-state index contributed by atoms with van der Waals surface area (Å²) in [6.07, 6.45) is 2.79. The van der Waals surface area contributed by atoms with Crippen LogP contribution in [-0.4, -0.2) is 15.7 Å². The van der Waals surface area contributed by atoms with Crippen LogP contribution in [0.25, 0.3) is 0 Å². The molecular formula is C15H21N5O. The van der Waals surface area contributed by atoms with E-state index in [9.17, 15) is 4.79 Å². The molecule has 0 aliphatic heterocycles. The van der Waals surface area contributed by atoms with Gasteiger partial charge in [-0.2, -0.15) is 5.10 Å². The molecule has 2 rings (SSSR count). The van der Waals surface area contributed by atoms with Gasteiger partial charge in [0.25, 0.3) is 5.91 Å². The number of hydrogen-bond donors (Lipinski definition) is 3. The van der Waals surface area contributed by atoms with E-state index in [4.69, 9.17) is 5.84 Å². The van der Waals surface area contributed by atoms with E-state index in [0.717, 1.165) is 28.9 Å². The first-order valence-corrected chi connectivity index (χ1v) is 6.92.